The van der Waals surface area contributed by atoms with Crippen molar-refractivity contribution in [2.24, 2.45) is 0 Å². The summed E-state index contributed by atoms with van der Waals surface area (Å²) >= 11 is 1.03. The molecule has 1 aromatic heterocycles. The number of hydrogen-bond acceptors (Lipinski definition) is 4. The van der Waals surface area contributed by atoms with Crippen LogP contribution in [-0.2, 0) is 17.5 Å². The Morgan fingerprint density at radius 3 is 2.56 bits per heavy atom. The zero-order chi connectivity index (χ0) is 12.3. The second-order valence-corrected chi connectivity index (χ2v) is 4.35. The van der Waals surface area contributed by atoms with E-state index in [1.807, 2.05) is 0 Å². The Balaban J connectivity index is 3.10. The van der Waals surface area contributed by atoms with Crippen molar-refractivity contribution in [3.05, 3.63) is 15.6 Å². The second-order valence-electron chi connectivity index (χ2n) is 3.23. The van der Waals surface area contributed by atoms with Crippen LogP contribution in [0.4, 0.5) is 13.2 Å². The number of nitrogens with zero attached hydrogens (tertiary/aromatic N) is 1. The maximum Gasteiger partial charge on any atom is 0.434 e. The number of methoxy groups -OCH3 is 1. The second kappa shape index (κ2) is 5.11. The number of halogens is 3. The molecule has 16 heavy (non-hydrogen) atoms. The quantitative estimate of drug-likeness (QED) is 0.896. The largest absolute Gasteiger partial charge is 0.434 e. The summed E-state index contributed by atoms with van der Waals surface area (Å²) in [5, 5.41) is 3.04. The summed E-state index contributed by atoms with van der Waals surface area (Å²) < 4.78 is 42.8. The van der Waals surface area contributed by atoms with Gasteiger partial charge in [0.25, 0.3) is 0 Å². The van der Waals surface area contributed by atoms with Gasteiger partial charge < -0.3 is 10.1 Å². The third kappa shape index (κ3) is 2.93. The first-order valence-electron chi connectivity index (χ1n) is 4.64. The third-order valence-corrected chi connectivity index (χ3v) is 3.24. The van der Waals surface area contributed by atoms with Crippen LogP contribution in [0.25, 0.3) is 0 Å². The van der Waals surface area contributed by atoms with E-state index < -0.39 is 18.0 Å². The van der Waals surface area contributed by atoms with E-state index in [0.29, 0.717) is 5.01 Å². The van der Waals surface area contributed by atoms with E-state index in [1.54, 1.807) is 14.0 Å². The number of ether oxygens (including phenoxy) is 1. The molecule has 1 heterocycles. The van der Waals surface area contributed by atoms with Gasteiger partial charge in [0.15, 0.2) is 5.69 Å². The summed E-state index contributed by atoms with van der Waals surface area (Å²) in [5.41, 5.74) is -0.814. The standard InChI is InChI=1S/C9H13F3N2OS/c1-5(15-3)8-14-7(9(10,11)12)6(16-8)4-13-2/h5,13H,4H2,1-3H3. The summed E-state index contributed by atoms with van der Waals surface area (Å²) in [6, 6.07) is 0. The number of alkyl halides is 3. The number of thiazole rings is 1. The molecular formula is C9H13F3N2OS. The lowest BCUT2D eigenvalue weighted by Gasteiger charge is -2.05. The molecule has 0 aliphatic rings. The van der Waals surface area contributed by atoms with Crippen molar-refractivity contribution < 1.29 is 17.9 Å². The van der Waals surface area contributed by atoms with Gasteiger partial charge in [0.2, 0.25) is 0 Å². The molecule has 0 radical (unpaired) electrons. The van der Waals surface area contributed by atoms with Gasteiger partial charge in [0.1, 0.15) is 11.1 Å². The smallest absolute Gasteiger partial charge is 0.375 e. The van der Waals surface area contributed by atoms with Crippen molar-refractivity contribution in [1.82, 2.24) is 10.3 Å². The summed E-state index contributed by atoms with van der Waals surface area (Å²) in [6.07, 6.45) is -4.83. The Hall–Kier alpha value is -0.660. The van der Waals surface area contributed by atoms with Gasteiger partial charge in [0, 0.05) is 13.7 Å². The highest BCUT2D eigenvalue weighted by atomic mass is 32.1. The van der Waals surface area contributed by atoms with Gasteiger partial charge in [-0.1, -0.05) is 0 Å². The molecule has 0 amide bonds. The first kappa shape index (κ1) is 13.4. The predicted molar refractivity (Wildman–Crippen MR) is 55.3 cm³/mol. The topological polar surface area (TPSA) is 34.1 Å². The van der Waals surface area contributed by atoms with Crippen molar-refractivity contribution in [1.29, 1.82) is 0 Å². The zero-order valence-corrected chi connectivity index (χ0v) is 10.00. The number of hydrogen-bond donors (Lipinski definition) is 1. The fraction of sp³-hybridized carbons (Fsp3) is 0.667. The fourth-order valence-corrected chi connectivity index (χ4v) is 2.27. The molecule has 0 saturated heterocycles. The van der Waals surface area contributed by atoms with Crippen LogP contribution in [0.15, 0.2) is 0 Å². The van der Waals surface area contributed by atoms with Crippen molar-refractivity contribution in [3.63, 3.8) is 0 Å². The molecule has 1 aromatic rings. The molecule has 0 aromatic carbocycles. The lowest BCUT2D eigenvalue weighted by molar-refractivity contribution is -0.141. The maximum absolute atomic E-state index is 12.6. The molecule has 3 nitrogen and oxygen atoms in total. The molecule has 0 fully saturated rings. The first-order chi connectivity index (χ1) is 7.40. The monoisotopic (exact) mass is 254 g/mol. The molecule has 1 atom stereocenters. The summed E-state index contributed by atoms with van der Waals surface area (Å²) in [7, 11) is 3.04. The highest BCUT2D eigenvalue weighted by Crippen LogP contribution is 2.36. The molecule has 0 spiro atoms. The van der Waals surface area contributed by atoms with Crippen LogP contribution in [0, 0.1) is 0 Å². The maximum atomic E-state index is 12.6. The molecule has 0 bridgehead atoms. The lowest BCUT2D eigenvalue weighted by atomic mass is 10.3. The van der Waals surface area contributed by atoms with Crippen LogP contribution >= 0.6 is 11.3 Å². The van der Waals surface area contributed by atoms with Crippen molar-refractivity contribution in [2.75, 3.05) is 14.2 Å². The minimum absolute atomic E-state index is 0.156. The van der Waals surface area contributed by atoms with E-state index in [9.17, 15) is 13.2 Å². The Kier molecular flexibility index (Phi) is 4.28. The Bertz CT molecular complexity index is 351. The lowest BCUT2D eigenvalue weighted by Crippen LogP contribution is -2.13. The van der Waals surface area contributed by atoms with Crippen LogP contribution in [0.3, 0.4) is 0 Å². The van der Waals surface area contributed by atoms with E-state index in [-0.39, 0.29) is 11.4 Å². The van der Waals surface area contributed by atoms with E-state index in [0.717, 1.165) is 11.3 Å². The van der Waals surface area contributed by atoms with Crippen molar-refractivity contribution in [2.45, 2.75) is 25.7 Å². The van der Waals surface area contributed by atoms with Gasteiger partial charge >= 0.3 is 6.18 Å². The van der Waals surface area contributed by atoms with Crippen LogP contribution in [0.1, 0.15) is 28.6 Å². The van der Waals surface area contributed by atoms with Crippen LogP contribution in [0.2, 0.25) is 0 Å². The van der Waals surface area contributed by atoms with E-state index in [1.165, 1.54) is 7.11 Å². The predicted octanol–water partition coefficient (Wildman–Crippen LogP) is 2.59. The number of aromatic nitrogens is 1. The van der Waals surface area contributed by atoms with Crippen molar-refractivity contribution >= 4 is 11.3 Å². The zero-order valence-electron chi connectivity index (χ0n) is 9.18. The van der Waals surface area contributed by atoms with E-state index >= 15 is 0 Å². The summed E-state index contributed by atoms with van der Waals surface area (Å²) in [6.45, 7) is 1.82. The molecule has 1 rings (SSSR count). The first-order valence-corrected chi connectivity index (χ1v) is 5.46. The fourth-order valence-electron chi connectivity index (χ4n) is 1.15. The Labute approximate surface area is 95.6 Å². The highest BCUT2D eigenvalue weighted by Gasteiger charge is 2.37. The highest BCUT2D eigenvalue weighted by molar-refractivity contribution is 7.11. The van der Waals surface area contributed by atoms with Crippen LogP contribution < -0.4 is 5.32 Å². The van der Waals surface area contributed by atoms with E-state index in [2.05, 4.69) is 10.3 Å². The molecule has 92 valence electrons. The molecular weight excluding hydrogens is 241 g/mol. The Morgan fingerprint density at radius 2 is 2.12 bits per heavy atom. The minimum atomic E-state index is -4.41. The van der Waals surface area contributed by atoms with Gasteiger partial charge in [-0.2, -0.15) is 13.2 Å². The van der Waals surface area contributed by atoms with Gasteiger partial charge in [-0.15, -0.1) is 11.3 Å². The molecule has 1 N–H and O–H groups in total. The summed E-state index contributed by atoms with van der Waals surface area (Å²) in [4.78, 5) is 3.79. The van der Waals surface area contributed by atoms with Gasteiger partial charge in [-0.05, 0) is 14.0 Å². The minimum Gasteiger partial charge on any atom is -0.375 e. The third-order valence-electron chi connectivity index (χ3n) is 2.02. The van der Waals surface area contributed by atoms with Gasteiger partial charge in [0.05, 0.1) is 4.88 Å². The van der Waals surface area contributed by atoms with Gasteiger partial charge in [-0.3, -0.25) is 0 Å². The molecule has 7 heteroatoms. The average Bonchev–Trinajstić information content (AvgIpc) is 2.61. The summed E-state index contributed by atoms with van der Waals surface area (Å²) in [5.74, 6) is 0. The number of nitrogens with one attached hydrogen (secondary N) is 1. The Morgan fingerprint density at radius 1 is 1.50 bits per heavy atom. The molecule has 0 saturated carbocycles. The molecule has 0 aliphatic heterocycles. The SMILES string of the molecule is CNCc1sc(C(C)OC)nc1C(F)(F)F. The van der Waals surface area contributed by atoms with Crippen LogP contribution in [0.5, 0.6) is 0 Å². The normalized spacial score (nSPS) is 14.1. The molecule has 1 unspecified atom stereocenters. The molecule has 0 aliphatic carbocycles. The number of rotatable bonds is 4. The average molecular weight is 254 g/mol. The van der Waals surface area contributed by atoms with Gasteiger partial charge in [-0.25, -0.2) is 4.98 Å². The van der Waals surface area contributed by atoms with Crippen LogP contribution in [-0.4, -0.2) is 19.1 Å². The van der Waals surface area contributed by atoms with Crippen molar-refractivity contribution in [3.8, 4) is 0 Å². The van der Waals surface area contributed by atoms with E-state index in [4.69, 9.17) is 4.74 Å².